The van der Waals surface area contributed by atoms with Crippen molar-refractivity contribution in [2.45, 2.75) is 13.5 Å². The summed E-state index contributed by atoms with van der Waals surface area (Å²) in [4.78, 5) is 8.50. The van der Waals surface area contributed by atoms with E-state index in [1.54, 1.807) is 23.1 Å². The number of rotatable bonds is 3. The molecule has 0 saturated heterocycles. The molecule has 0 radical (unpaired) electrons. The molecule has 3 heterocycles. The monoisotopic (exact) mass is 321 g/mol. The highest BCUT2D eigenvalue weighted by molar-refractivity contribution is 5.85. The summed E-state index contributed by atoms with van der Waals surface area (Å²) in [6.45, 7) is 2.45. The maximum Gasteiger partial charge on any atom is 0.222 e. The number of aromatic nitrogens is 5. The lowest BCUT2D eigenvalue weighted by Gasteiger charge is -2.07. The summed E-state index contributed by atoms with van der Waals surface area (Å²) < 4.78 is 7.06. The van der Waals surface area contributed by atoms with E-state index in [0.717, 1.165) is 11.1 Å². The Morgan fingerprint density at radius 1 is 1.17 bits per heavy atom. The number of benzene rings is 1. The maximum absolute atomic E-state index is 6.05. The van der Waals surface area contributed by atoms with Gasteiger partial charge in [-0.1, -0.05) is 22.9 Å². The van der Waals surface area contributed by atoms with E-state index >= 15 is 0 Å². The number of hydrogen-bond acceptors (Lipinski definition) is 7. The zero-order valence-electron chi connectivity index (χ0n) is 13.0. The van der Waals surface area contributed by atoms with E-state index in [9.17, 15) is 0 Å². The molecule has 24 heavy (non-hydrogen) atoms. The summed E-state index contributed by atoms with van der Waals surface area (Å²) in [5.41, 5.74) is 16.2. The summed E-state index contributed by atoms with van der Waals surface area (Å²) in [5, 5.41) is 8.38. The Hall–Kier alpha value is -3.42. The molecule has 4 rings (SSSR count). The van der Waals surface area contributed by atoms with E-state index in [2.05, 4.69) is 20.3 Å². The Balaban J connectivity index is 1.85. The van der Waals surface area contributed by atoms with Gasteiger partial charge in [0.1, 0.15) is 5.69 Å². The normalized spacial score (nSPS) is 11.2. The lowest BCUT2D eigenvalue weighted by atomic mass is 10.1. The van der Waals surface area contributed by atoms with Gasteiger partial charge in [0.05, 0.1) is 12.8 Å². The minimum atomic E-state index is 0.134. The van der Waals surface area contributed by atoms with E-state index in [-0.39, 0.29) is 5.95 Å². The highest BCUT2D eigenvalue weighted by atomic mass is 16.3. The number of fused-ring (bicyclic) bond motifs is 1. The van der Waals surface area contributed by atoms with Gasteiger partial charge in [0.25, 0.3) is 0 Å². The Bertz CT molecular complexity index is 1020. The van der Waals surface area contributed by atoms with Crippen molar-refractivity contribution in [3.05, 3.63) is 47.7 Å². The Morgan fingerprint density at radius 3 is 2.83 bits per heavy atom. The van der Waals surface area contributed by atoms with E-state index in [1.165, 1.54) is 0 Å². The summed E-state index contributed by atoms with van der Waals surface area (Å²) >= 11 is 0. The Labute approximate surface area is 137 Å². The molecule has 0 spiro atoms. The van der Waals surface area contributed by atoms with Crippen molar-refractivity contribution in [3.8, 4) is 11.5 Å². The summed E-state index contributed by atoms with van der Waals surface area (Å²) in [7, 11) is 0. The topological polar surface area (TPSA) is 122 Å². The van der Waals surface area contributed by atoms with E-state index in [4.69, 9.17) is 15.9 Å². The van der Waals surface area contributed by atoms with Crippen molar-refractivity contribution in [2.24, 2.45) is 0 Å². The molecule has 0 saturated carbocycles. The van der Waals surface area contributed by atoms with Crippen LogP contribution in [0.3, 0.4) is 0 Å². The van der Waals surface area contributed by atoms with Gasteiger partial charge in [0.15, 0.2) is 16.9 Å². The van der Waals surface area contributed by atoms with Crippen LogP contribution in [0.4, 0.5) is 11.6 Å². The van der Waals surface area contributed by atoms with Crippen molar-refractivity contribution in [3.63, 3.8) is 0 Å². The standard InChI is InChI=1S/C16H15N7O/c1-9-4-5-11(17)10(7-9)8-23-15-14(21-22-23)13(19-16(18)20-15)12-3-2-6-24-12/h2-7H,8,17H2,1H3,(H2,18,19,20). The van der Waals surface area contributed by atoms with Crippen LogP contribution in [-0.4, -0.2) is 25.0 Å². The van der Waals surface area contributed by atoms with Gasteiger partial charge >= 0.3 is 0 Å². The predicted molar refractivity (Wildman–Crippen MR) is 89.9 cm³/mol. The van der Waals surface area contributed by atoms with Crippen LogP contribution in [0.1, 0.15) is 11.1 Å². The molecule has 1 aromatic carbocycles. The minimum Gasteiger partial charge on any atom is -0.463 e. The van der Waals surface area contributed by atoms with E-state index in [0.29, 0.717) is 34.9 Å². The van der Waals surface area contributed by atoms with Crippen molar-refractivity contribution in [1.29, 1.82) is 0 Å². The first kappa shape index (κ1) is 14.2. The molecule has 0 unspecified atom stereocenters. The molecule has 0 fully saturated rings. The highest BCUT2D eigenvalue weighted by Crippen LogP contribution is 2.26. The Kier molecular flexibility index (Phi) is 3.16. The molecule has 0 aliphatic carbocycles. The fraction of sp³-hybridized carbons (Fsp3) is 0.125. The lowest BCUT2D eigenvalue weighted by Crippen LogP contribution is -2.07. The van der Waals surface area contributed by atoms with Crippen LogP contribution >= 0.6 is 0 Å². The van der Waals surface area contributed by atoms with Crippen LogP contribution in [-0.2, 0) is 6.54 Å². The largest absolute Gasteiger partial charge is 0.463 e. The van der Waals surface area contributed by atoms with Crippen molar-refractivity contribution >= 4 is 22.8 Å². The molecule has 0 aliphatic heterocycles. The zero-order chi connectivity index (χ0) is 16.7. The van der Waals surface area contributed by atoms with E-state index < -0.39 is 0 Å². The van der Waals surface area contributed by atoms with Gasteiger partial charge in [0, 0.05) is 5.69 Å². The lowest BCUT2D eigenvalue weighted by molar-refractivity contribution is 0.580. The molecule has 0 amide bonds. The van der Waals surface area contributed by atoms with Crippen LogP contribution in [0.15, 0.2) is 41.0 Å². The predicted octanol–water partition coefficient (Wildman–Crippen LogP) is 2.00. The van der Waals surface area contributed by atoms with Gasteiger partial charge in [-0.15, -0.1) is 5.10 Å². The molecule has 0 bridgehead atoms. The second-order valence-electron chi connectivity index (χ2n) is 5.53. The number of nitrogen functional groups attached to an aromatic ring is 2. The number of furan rings is 1. The molecule has 4 N–H and O–H groups in total. The van der Waals surface area contributed by atoms with Crippen LogP contribution in [0.2, 0.25) is 0 Å². The molecular weight excluding hydrogens is 306 g/mol. The quantitative estimate of drug-likeness (QED) is 0.553. The fourth-order valence-electron chi connectivity index (χ4n) is 2.60. The van der Waals surface area contributed by atoms with Crippen LogP contribution in [0.25, 0.3) is 22.6 Å². The third kappa shape index (κ3) is 2.34. The number of anilines is 2. The minimum absolute atomic E-state index is 0.134. The average molecular weight is 321 g/mol. The second-order valence-corrected chi connectivity index (χ2v) is 5.53. The van der Waals surface area contributed by atoms with Gasteiger partial charge < -0.3 is 15.9 Å². The number of nitrogens with zero attached hydrogens (tertiary/aromatic N) is 5. The first-order valence-electron chi connectivity index (χ1n) is 7.37. The zero-order valence-corrected chi connectivity index (χ0v) is 13.0. The smallest absolute Gasteiger partial charge is 0.222 e. The molecular formula is C16H15N7O. The third-order valence-electron chi connectivity index (χ3n) is 3.75. The number of aryl methyl sites for hydroxylation is 1. The van der Waals surface area contributed by atoms with Gasteiger partial charge in [-0.25, -0.2) is 9.67 Å². The Morgan fingerprint density at radius 2 is 2.04 bits per heavy atom. The number of hydrogen-bond donors (Lipinski definition) is 2. The number of nitrogens with two attached hydrogens (primary N) is 2. The van der Waals surface area contributed by atoms with Gasteiger partial charge in [-0.2, -0.15) is 4.98 Å². The molecule has 8 nitrogen and oxygen atoms in total. The average Bonchev–Trinajstić information content (AvgIpc) is 3.21. The van der Waals surface area contributed by atoms with Crippen molar-refractivity contribution in [2.75, 3.05) is 11.5 Å². The van der Waals surface area contributed by atoms with Crippen molar-refractivity contribution in [1.82, 2.24) is 25.0 Å². The third-order valence-corrected chi connectivity index (χ3v) is 3.75. The highest BCUT2D eigenvalue weighted by Gasteiger charge is 2.17. The second kappa shape index (κ2) is 5.34. The van der Waals surface area contributed by atoms with Crippen LogP contribution in [0, 0.1) is 6.92 Å². The molecule has 3 aromatic heterocycles. The molecule has 4 aromatic rings. The molecule has 0 atom stereocenters. The van der Waals surface area contributed by atoms with Crippen LogP contribution in [0.5, 0.6) is 0 Å². The summed E-state index contributed by atoms with van der Waals surface area (Å²) in [6, 6.07) is 9.42. The summed E-state index contributed by atoms with van der Waals surface area (Å²) in [5.74, 6) is 0.700. The van der Waals surface area contributed by atoms with E-state index in [1.807, 2.05) is 25.1 Å². The molecule has 8 heteroatoms. The first-order valence-corrected chi connectivity index (χ1v) is 7.37. The van der Waals surface area contributed by atoms with Gasteiger partial charge in [-0.05, 0) is 30.7 Å². The molecule has 120 valence electrons. The maximum atomic E-state index is 6.05. The first-order chi connectivity index (χ1) is 11.6. The van der Waals surface area contributed by atoms with Gasteiger partial charge in [-0.3, -0.25) is 0 Å². The fourth-order valence-corrected chi connectivity index (χ4v) is 2.60. The van der Waals surface area contributed by atoms with Gasteiger partial charge in [0.2, 0.25) is 5.95 Å². The SMILES string of the molecule is Cc1ccc(N)c(Cn2nnc3c(-c4ccco4)nc(N)nc32)c1. The molecule has 0 aliphatic rings. The van der Waals surface area contributed by atoms with Crippen molar-refractivity contribution < 1.29 is 4.42 Å². The van der Waals surface area contributed by atoms with Crippen LogP contribution < -0.4 is 11.5 Å². The summed E-state index contributed by atoms with van der Waals surface area (Å²) in [6.07, 6.45) is 1.57.